The molecule has 80 valence electrons. The van der Waals surface area contributed by atoms with Crippen molar-refractivity contribution >= 4 is 0 Å². The lowest BCUT2D eigenvalue weighted by molar-refractivity contribution is 0.260. The molecule has 0 fully saturated rings. The van der Waals surface area contributed by atoms with Crippen molar-refractivity contribution in [3.05, 3.63) is 11.6 Å². The van der Waals surface area contributed by atoms with E-state index in [1.807, 2.05) is 0 Å². The van der Waals surface area contributed by atoms with Gasteiger partial charge in [0.05, 0.1) is 26.4 Å². The van der Waals surface area contributed by atoms with Gasteiger partial charge in [-0.15, -0.1) is 0 Å². The van der Waals surface area contributed by atoms with Crippen LogP contribution in [-0.2, 0) is 19.4 Å². The number of aliphatic hydroxyl groups excluding tert-OH is 3. The highest BCUT2D eigenvalue weighted by Crippen LogP contribution is 2.00. The van der Waals surface area contributed by atoms with Crippen LogP contribution in [0.3, 0.4) is 0 Å². The van der Waals surface area contributed by atoms with Crippen molar-refractivity contribution in [3.8, 4) is 0 Å². The third-order valence-electron chi connectivity index (χ3n) is 1.77. The van der Waals surface area contributed by atoms with E-state index in [0.29, 0.717) is 31.0 Å². The summed E-state index contributed by atoms with van der Waals surface area (Å²) in [5.74, 6) is 1.19. The molecule has 1 aromatic rings. The molecular weight excluding hydrogens is 186 g/mol. The SMILES string of the molecule is OCCc1nc(CCO)n(CCO)n1. The molecule has 6 nitrogen and oxygen atoms in total. The van der Waals surface area contributed by atoms with E-state index in [-0.39, 0.29) is 19.8 Å². The minimum atomic E-state index is -0.0135. The maximum atomic E-state index is 8.76. The zero-order chi connectivity index (χ0) is 10.4. The van der Waals surface area contributed by atoms with Crippen LogP contribution in [0, 0.1) is 0 Å². The molecule has 0 aromatic carbocycles. The fourth-order valence-corrected chi connectivity index (χ4v) is 1.19. The molecule has 1 rings (SSSR count). The maximum absolute atomic E-state index is 8.76. The van der Waals surface area contributed by atoms with Crippen molar-refractivity contribution in [1.29, 1.82) is 0 Å². The number of hydrogen-bond acceptors (Lipinski definition) is 5. The number of hydrogen-bond donors (Lipinski definition) is 3. The van der Waals surface area contributed by atoms with Gasteiger partial charge >= 0.3 is 0 Å². The van der Waals surface area contributed by atoms with Gasteiger partial charge in [0.25, 0.3) is 0 Å². The molecule has 0 bridgehead atoms. The molecule has 0 radical (unpaired) electrons. The molecule has 1 heterocycles. The largest absolute Gasteiger partial charge is 0.396 e. The zero-order valence-electron chi connectivity index (χ0n) is 7.93. The molecule has 6 heteroatoms. The number of rotatable bonds is 6. The van der Waals surface area contributed by atoms with Crippen molar-refractivity contribution < 1.29 is 15.3 Å². The van der Waals surface area contributed by atoms with Gasteiger partial charge in [0.15, 0.2) is 5.82 Å². The monoisotopic (exact) mass is 201 g/mol. The van der Waals surface area contributed by atoms with Crippen molar-refractivity contribution in [2.45, 2.75) is 19.4 Å². The molecular formula is C8H15N3O3. The first-order valence-corrected chi connectivity index (χ1v) is 4.57. The van der Waals surface area contributed by atoms with E-state index >= 15 is 0 Å². The summed E-state index contributed by atoms with van der Waals surface area (Å²) in [5, 5.41) is 30.3. The second-order valence-electron chi connectivity index (χ2n) is 2.84. The Kier molecular flexibility index (Phi) is 4.51. The van der Waals surface area contributed by atoms with E-state index in [0.717, 1.165) is 0 Å². The van der Waals surface area contributed by atoms with Gasteiger partial charge in [-0.05, 0) is 0 Å². The summed E-state index contributed by atoms with van der Waals surface area (Å²) < 4.78 is 1.56. The summed E-state index contributed by atoms with van der Waals surface area (Å²) in [5.41, 5.74) is 0. The van der Waals surface area contributed by atoms with Gasteiger partial charge in [-0.2, -0.15) is 5.10 Å². The Morgan fingerprint density at radius 2 is 1.71 bits per heavy atom. The van der Waals surface area contributed by atoms with Crippen molar-refractivity contribution in [2.24, 2.45) is 0 Å². The van der Waals surface area contributed by atoms with Crippen LogP contribution >= 0.6 is 0 Å². The van der Waals surface area contributed by atoms with Crippen LogP contribution in [0.5, 0.6) is 0 Å². The molecule has 0 unspecified atom stereocenters. The molecule has 0 aliphatic carbocycles. The van der Waals surface area contributed by atoms with Crippen LogP contribution in [0.15, 0.2) is 0 Å². The lowest BCUT2D eigenvalue weighted by Gasteiger charge is -2.00. The minimum Gasteiger partial charge on any atom is -0.396 e. The Hall–Kier alpha value is -0.980. The molecule has 0 amide bonds. The van der Waals surface area contributed by atoms with E-state index in [1.165, 1.54) is 0 Å². The van der Waals surface area contributed by atoms with E-state index in [1.54, 1.807) is 4.68 Å². The molecule has 3 N–H and O–H groups in total. The van der Waals surface area contributed by atoms with Crippen LogP contribution in [0.2, 0.25) is 0 Å². The summed E-state index contributed by atoms with van der Waals surface area (Å²) in [6.07, 6.45) is 0.815. The molecule has 0 atom stereocenters. The average molecular weight is 201 g/mol. The number of aliphatic hydroxyl groups is 3. The summed E-state index contributed by atoms with van der Waals surface area (Å²) in [4.78, 5) is 4.13. The molecule has 14 heavy (non-hydrogen) atoms. The summed E-state index contributed by atoms with van der Waals surface area (Å²) in [6, 6.07) is 0. The Morgan fingerprint density at radius 1 is 1.00 bits per heavy atom. The third-order valence-corrected chi connectivity index (χ3v) is 1.77. The number of nitrogens with zero attached hydrogens (tertiary/aromatic N) is 3. The van der Waals surface area contributed by atoms with Gasteiger partial charge in [0.1, 0.15) is 5.82 Å². The Labute approximate surface area is 81.8 Å². The molecule has 0 aliphatic heterocycles. The van der Waals surface area contributed by atoms with Crippen LogP contribution in [0.25, 0.3) is 0 Å². The van der Waals surface area contributed by atoms with Gasteiger partial charge in [-0.3, -0.25) is 0 Å². The average Bonchev–Trinajstić information content (AvgIpc) is 2.50. The molecule has 0 spiro atoms. The fraction of sp³-hybridized carbons (Fsp3) is 0.750. The van der Waals surface area contributed by atoms with E-state index < -0.39 is 0 Å². The van der Waals surface area contributed by atoms with Gasteiger partial charge < -0.3 is 15.3 Å². The highest BCUT2D eigenvalue weighted by Gasteiger charge is 2.08. The maximum Gasteiger partial charge on any atom is 0.153 e. The van der Waals surface area contributed by atoms with Gasteiger partial charge in [0, 0.05) is 12.8 Å². The standard InChI is InChI=1S/C8H15N3O3/c12-4-1-7-9-8(2-5-13)11(10-7)3-6-14/h12-14H,1-6H2. The first-order chi connectivity index (χ1) is 6.81. The Bertz CT molecular complexity index is 251. The summed E-state index contributed by atoms with van der Waals surface area (Å²) in [6.45, 7) is 0.360. The van der Waals surface area contributed by atoms with Crippen LogP contribution in [-0.4, -0.2) is 49.9 Å². The van der Waals surface area contributed by atoms with E-state index in [4.69, 9.17) is 15.3 Å². The van der Waals surface area contributed by atoms with E-state index in [9.17, 15) is 0 Å². The fourth-order valence-electron chi connectivity index (χ4n) is 1.19. The van der Waals surface area contributed by atoms with E-state index in [2.05, 4.69) is 10.1 Å². The summed E-state index contributed by atoms with van der Waals surface area (Å²) >= 11 is 0. The second kappa shape index (κ2) is 5.69. The van der Waals surface area contributed by atoms with Crippen molar-refractivity contribution in [3.63, 3.8) is 0 Å². The molecule has 0 saturated carbocycles. The van der Waals surface area contributed by atoms with Crippen molar-refractivity contribution in [2.75, 3.05) is 19.8 Å². The van der Waals surface area contributed by atoms with Gasteiger partial charge in [-0.25, -0.2) is 9.67 Å². The smallest absolute Gasteiger partial charge is 0.153 e. The molecule has 1 aromatic heterocycles. The normalized spacial score (nSPS) is 10.8. The quantitative estimate of drug-likeness (QED) is 0.512. The lowest BCUT2D eigenvalue weighted by atomic mass is 10.4. The van der Waals surface area contributed by atoms with Gasteiger partial charge in [-0.1, -0.05) is 0 Å². The van der Waals surface area contributed by atoms with Crippen LogP contribution < -0.4 is 0 Å². The predicted octanol–water partition coefficient (Wildman–Crippen LogP) is -1.66. The van der Waals surface area contributed by atoms with Crippen LogP contribution in [0.1, 0.15) is 11.6 Å². The minimum absolute atomic E-state index is 0.00169. The molecule has 0 saturated heterocycles. The van der Waals surface area contributed by atoms with Crippen LogP contribution in [0.4, 0.5) is 0 Å². The molecule has 0 aliphatic rings. The third kappa shape index (κ3) is 2.76. The predicted molar refractivity (Wildman–Crippen MR) is 48.7 cm³/mol. The Morgan fingerprint density at radius 3 is 2.29 bits per heavy atom. The van der Waals surface area contributed by atoms with Crippen molar-refractivity contribution in [1.82, 2.24) is 14.8 Å². The second-order valence-corrected chi connectivity index (χ2v) is 2.84. The lowest BCUT2D eigenvalue weighted by Crippen LogP contribution is -2.10. The first kappa shape index (κ1) is 11.1. The highest BCUT2D eigenvalue weighted by molar-refractivity contribution is 4.93. The number of aromatic nitrogens is 3. The summed E-state index contributed by atoms with van der Waals surface area (Å²) in [7, 11) is 0. The van der Waals surface area contributed by atoms with Gasteiger partial charge in [0.2, 0.25) is 0 Å². The first-order valence-electron chi connectivity index (χ1n) is 4.57. The topological polar surface area (TPSA) is 91.4 Å². The Balaban J connectivity index is 2.76. The zero-order valence-corrected chi connectivity index (χ0v) is 7.93. The highest BCUT2D eigenvalue weighted by atomic mass is 16.3.